The van der Waals surface area contributed by atoms with E-state index in [1.54, 1.807) is 4.57 Å². The number of pyridine rings is 2. The molecule has 132 valence electrons. The number of fused-ring (bicyclic) bond motifs is 2. The number of ketones is 1. The predicted octanol–water partition coefficient (Wildman–Crippen LogP) is 2.19. The number of carbonyl (C=O) groups excluding carboxylic acids is 1. The van der Waals surface area contributed by atoms with E-state index in [-0.39, 0.29) is 16.9 Å². The van der Waals surface area contributed by atoms with E-state index in [0.717, 1.165) is 17.5 Å². The second-order valence-corrected chi connectivity index (χ2v) is 43.0. The first-order valence-corrected chi connectivity index (χ1v) is 16.2. The van der Waals surface area contributed by atoms with Gasteiger partial charge >= 0.3 is 235 Å². The number of aromatic nitrogens is 2. The zero-order valence-corrected chi connectivity index (χ0v) is 29.3. The van der Waals surface area contributed by atoms with Gasteiger partial charge in [0, 0.05) is 0 Å². The van der Waals surface area contributed by atoms with Crippen molar-refractivity contribution in [2.45, 2.75) is 19.3 Å². The van der Waals surface area contributed by atoms with Crippen LogP contribution in [-0.2, 0) is 13.0 Å². The van der Waals surface area contributed by atoms with Crippen LogP contribution >= 0.6 is 0 Å². The Hall–Kier alpha value is 0.323. The molecule has 1 unspecified atom stereocenters. The van der Waals surface area contributed by atoms with Gasteiger partial charge in [-0.15, -0.1) is 0 Å². The molecular weight excluding hydrogens is 640 g/mol. The summed E-state index contributed by atoms with van der Waals surface area (Å²) in [4.78, 5) is 29.7. The molecule has 7 heteroatoms. The standard InChI is InChI=1S/C21H16N2O3.Ra.Rb.H/c1-11(24)16-20(25)18-19-17(15-8-14(15)10-23(19)21(16)26)13(9-22-18)7-12-5-3-2-4-6-12;;;/h2-6,9,14-15,25H,7,10H2,1H3;;;/t14-,15-;;;/m0.../s1. The number of Topliss-reactive ketones (excluding diaryl/α,β-unsaturated/α-hetero) is 1. The van der Waals surface area contributed by atoms with Gasteiger partial charge < -0.3 is 0 Å². The number of carbonyl (C=O) groups is 1. The van der Waals surface area contributed by atoms with Gasteiger partial charge in [0.15, 0.2) is 0 Å². The molecule has 5 nitrogen and oxygen atoms in total. The molecule has 2 aliphatic rings. The van der Waals surface area contributed by atoms with Crippen LogP contribution in [0.5, 0.6) is 5.75 Å². The molecular formula is C21H17N2O3RaRb. The molecule has 1 fully saturated rings. The first kappa shape index (κ1) is 20.2. The maximum absolute atomic E-state index is 13.1. The zero-order valence-electron chi connectivity index (χ0n) is 16.2. The second-order valence-electron chi connectivity index (χ2n) is 8.66. The summed E-state index contributed by atoms with van der Waals surface area (Å²) in [5.41, 5.74) is 4.30. The predicted molar refractivity (Wildman–Crippen MR) is 103 cm³/mol. The summed E-state index contributed by atoms with van der Waals surface area (Å²) in [6.45, 7) is 2.01. The molecule has 1 aromatic carbocycles. The number of aromatic hydroxyl groups is 1. The van der Waals surface area contributed by atoms with E-state index in [1.807, 2.05) is 24.4 Å². The summed E-state index contributed by atoms with van der Waals surface area (Å²) < 4.78 is 2.26. The summed E-state index contributed by atoms with van der Waals surface area (Å²) >= 11 is 0.843. The van der Waals surface area contributed by atoms with Crippen molar-refractivity contribution < 1.29 is 52.7 Å². The molecule has 1 aliphatic carbocycles. The third kappa shape index (κ3) is 2.98. The molecule has 0 spiro atoms. The first-order valence-electron chi connectivity index (χ1n) is 9.64. The maximum atomic E-state index is 13.1. The fourth-order valence-corrected chi connectivity index (χ4v) is 11.9. The SMILES string of the molecule is CC(=O)c1c(O)c2ncc(Cc3ccccc3)c3c2n(c1=O)C[C@H]1[C@@H]3[C]1([Rb])[RaH]. The van der Waals surface area contributed by atoms with Crippen molar-refractivity contribution in [3.8, 4) is 5.75 Å². The quantitative estimate of drug-likeness (QED) is 0.439. The van der Waals surface area contributed by atoms with E-state index in [0.29, 0.717) is 116 Å². The van der Waals surface area contributed by atoms with Gasteiger partial charge in [-0.3, -0.25) is 0 Å². The van der Waals surface area contributed by atoms with Gasteiger partial charge in [-0.2, -0.15) is 0 Å². The molecule has 5 rings (SSSR count). The van der Waals surface area contributed by atoms with Gasteiger partial charge in [0.05, 0.1) is 0 Å². The van der Waals surface area contributed by atoms with Crippen LogP contribution in [0.3, 0.4) is 0 Å². The summed E-state index contributed by atoms with van der Waals surface area (Å²) in [7, 11) is 0. The van der Waals surface area contributed by atoms with Gasteiger partial charge in [-0.25, -0.2) is 0 Å². The van der Waals surface area contributed by atoms with Crippen molar-refractivity contribution in [2.24, 2.45) is 5.92 Å². The molecule has 3 aromatic rings. The van der Waals surface area contributed by atoms with Crippen LogP contribution in [0.1, 0.15) is 39.9 Å². The number of rotatable bonds is 3. The normalized spacial score (nSPS) is 24.8. The van der Waals surface area contributed by atoms with Crippen LogP contribution < -0.4 is 5.56 Å². The minimum atomic E-state index is -0.401. The summed E-state index contributed by atoms with van der Waals surface area (Å²) in [5.74, 6) is 0.423. The number of hydrogen-bond donors (Lipinski definition) is 1. The van der Waals surface area contributed by atoms with E-state index in [4.69, 9.17) is 0 Å². The zero-order chi connectivity index (χ0) is 19.8. The molecule has 3 heterocycles. The van der Waals surface area contributed by atoms with Crippen LogP contribution in [0.15, 0.2) is 41.3 Å². The van der Waals surface area contributed by atoms with Crippen LogP contribution in [0.4, 0.5) is 0 Å². The molecule has 28 heavy (non-hydrogen) atoms. The van der Waals surface area contributed by atoms with E-state index in [1.165, 1.54) is 18.1 Å². The van der Waals surface area contributed by atoms with E-state index in [9.17, 15) is 14.7 Å². The summed E-state index contributed by atoms with van der Waals surface area (Å²) in [6.07, 6.45) is 2.63. The monoisotopic (exact) mass is 656 g/mol. The minimum absolute atomic E-state index is 0.118. The molecule has 0 saturated heterocycles. The molecule has 0 radical (unpaired) electrons. The van der Waals surface area contributed by atoms with E-state index in [2.05, 4.69) is 17.1 Å². The fraction of sp³-hybridized carbons (Fsp3) is 0.286. The molecule has 1 saturated carbocycles. The Bertz CT molecular complexity index is 1220. The Morgan fingerprint density at radius 1 is 1.39 bits per heavy atom. The molecule has 1 N–H and O–H groups in total. The van der Waals surface area contributed by atoms with Crippen molar-refractivity contribution >= 4 is 72.4 Å². The fourth-order valence-electron chi connectivity index (χ4n) is 5.11. The Morgan fingerprint density at radius 2 is 2.11 bits per heavy atom. The topological polar surface area (TPSA) is 72.2 Å². The average molecular weight is 657 g/mol. The van der Waals surface area contributed by atoms with E-state index < -0.39 is 5.78 Å². The van der Waals surface area contributed by atoms with E-state index >= 15 is 0 Å². The van der Waals surface area contributed by atoms with Crippen molar-refractivity contribution in [3.05, 3.63) is 69.1 Å². The average Bonchev–Trinajstić information content (AvgIpc) is 3.21. The van der Waals surface area contributed by atoms with Crippen molar-refractivity contribution in [1.29, 1.82) is 0 Å². The van der Waals surface area contributed by atoms with Gasteiger partial charge in [0.2, 0.25) is 0 Å². The number of nitrogens with zero attached hydrogens (tertiary/aromatic N) is 2. The molecule has 0 amide bonds. The van der Waals surface area contributed by atoms with Crippen molar-refractivity contribution in [3.63, 3.8) is 0 Å². The number of hydrogen-bond acceptors (Lipinski definition) is 4. The third-order valence-corrected chi connectivity index (χ3v) is 15.7. The second kappa shape index (κ2) is 7.19. The first-order chi connectivity index (χ1) is 13.3. The third-order valence-electron chi connectivity index (χ3n) is 6.70. The Balaban J connectivity index is 1.83. The van der Waals surface area contributed by atoms with Gasteiger partial charge in [-0.1, -0.05) is 0 Å². The molecule has 1 aliphatic heterocycles. The van der Waals surface area contributed by atoms with Gasteiger partial charge in [0.1, 0.15) is 0 Å². The molecule has 2 aromatic heterocycles. The van der Waals surface area contributed by atoms with Crippen LogP contribution in [0, 0.1) is 48.7 Å². The Kier molecular flexibility index (Phi) is 5.19. The number of benzene rings is 1. The van der Waals surface area contributed by atoms with Crippen LogP contribution in [-0.4, -0.2) is 76.0 Å². The molecule has 0 bridgehead atoms. The molecule has 3 atom stereocenters. The van der Waals surface area contributed by atoms with Crippen LogP contribution in [0.25, 0.3) is 11.0 Å². The summed E-state index contributed by atoms with van der Waals surface area (Å²) in [6, 6.07) is 10.3. The van der Waals surface area contributed by atoms with Gasteiger partial charge in [-0.05, 0) is 0 Å². The van der Waals surface area contributed by atoms with Crippen LogP contribution in [0.2, 0.25) is -6.48 Å². The van der Waals surface area contributed by atoms with Gasteiger partial charge in [0.25, 0.3) is 0 Å². The van der Waals surface area contributed by atoms with Crippen molar-refractivity contribution in [2.75, 3.05) is 0 Å². The Labute approximate surface area is 230 Å². The Morgan fingerprint density at radius 3 is 2.79 bits per heavy atom. The summed E-state index contributed by atoms with van der Waals surface area (Å²) in [5, 5.41) is 10.7. The van der Waals surface area contributed by atoms with Crippen molar-refractivity contribution in [1.82, 2.24) is 9.55 Å².